The fraction of sp³-hybridized carbons (Fsp3) is 0.667. The van der Waals surface area contributed by atoms with Gasteiger partial charge < -0.3 is 15.0 Å². The van der Waals surface area contributed by atoms with E-state index in [1.54, 1.807) is 13.3 Å². The van der Waals surface area contributed by atoms with E-state index in [0.717, 1.165) is 11.5 Å². The summed E-state index contributed by atoms with van der Waals surface area (Å²) in [5, 5.41) is 2.92. The number of nitrogens with one attached hydrogen (secondary N) is 2. The van der Waals surface area contributed by atoms with Crippen molar-refractivity contribution in [3.8, 4) is 0 Å². The Morgan fingerprint density at radius 1 is 1.65 bits per heavy atom. The van der Waals surface area contributed by atoms with Crippen molar-refractivity contribution in [3.05, 3.63) is 17.7 Å². The predicted molar refractivity (Wildman–Crippen MR) is 65.5 cm³/mol. The number of methoxy groups -OCH3 is 1. The number of aromatic amines is 1. The van der Waals surface area contributed by atoms with E-state index in [-0.39, 0.29) is 11.9 Å². The number of rotatable bonds is 5. The standard InChI is InChI=1S/C12H21N3O2/c1-8-6-13-10(14-8)9(2)15-11(16)12(3,4)7-17-5/h6,9H,7H2,1-5H3,(H,13,14)(H,15,16)/t9-/m1/s1. The van der Waals surface area contributed by atoms with E-state index in [0.29, 0.717) is 6.61 Å². The fourth-order valence-electron chi connectivity index (χ4n) is 1.54. The third kappa shape index (κ3) is 3.56. The van der Waals surface area contributed by atoms with Crippen molar-refractivity contribution in [2.45, 2.75) is 33.7 Å². The van der Waals surface area contributed by atoms with Crippen LogP contribution in [-0.4, -0.2) is 29.6 Å². The summed E-state index contributed by atoms with van der Waals surface area (Å²) in [7, 11) is 1.59. The first-order valence-corrected chi connectivity index (χ1v) is 5.68. The first kappa shape index (κ1) is 13.7. The SMILES string of the molecule is COCC(C)(C)C(=O)N[C@H](C)c1ncc(C)[nH]1. The summed E-state index contributed by atoms with van der Waals surface area (Å²) in [4.78, 5) is 19.3. The van der Waals surface area contributed by atoms with Gasteiger partial charge in [-0.15, -0.1) is 0 Å². The van der Waals surface area contributed by atoms with Crippen LogP contribution in [0.3, 0.4) is 0 Å². The van der Waals surface area contributed by atoms with Crippen molar-refractivity contribution in [1.29, 1.82) is 0 Å². The molecule has 0 fully saturated rings. The maximum atomic E-state index is 12.0. The van der Waals surface area contributed by atoms with Gasteiger partial charge in [0.2, 0.25) is 5.91 Å². The summed E-state index contributed by atoms with van der Waals surface area (Å²) in [6, 6.07) is -0.132. The Morgan fingerprint density at radius 2 is 2.29 bits per heavy atom. The zero-order valence-electron chi connectivity index (χ0n) is 11.1. The lowest BCUT2D eigenvalue weighted by molar-refractivity contribution is -0.132. The monoisotopic (exact) mass is 239 g/mol. The second kappa shape index (κ2) is 5.31. The average Bonchev–Trinajstić information content (AvgIpc) is 2.64. The first-order chi connectivity index (χ1) is 7.86. The molecule has 96 valence electrons. The molecule has 5 nitrogen and oxygen atoms in total. The topological polar surface area (TPSA) is 67.0 Å². The smallest absolute Gasteiger partial charge is 0.228 e. The Labute approximate surface area is 102 Å². The van der Waals surface area contributed by atoms with E-state index >= 15 is 0 Å². The maximum Gasteiger partial charge on any atom is 0.228 e. The van der Waals surface area contributed by atoms with Crippen molar-refractivity contribution in [3.63, 3.8) is 0 Å². The van der Waals surface area contributed by atoms with Gasteiger partial charge in [0.15, 0.2) is 0 Å². The quantitative estimate of drug-likeness (QED) is 0.819. The van der Waals surface area contributed by atoms with Crippen molar-refractivity contribution in [1.82, 2.24) is 15.3 Å². The number of nitrogens with zero attached hydrogens (tertiary/aromatic N) is 1. The van der Waals surface area contributed by atoms with E-state index in [1.165, 1.54) is 0 Å². The summed E-state index contributed by atoms with van der Waals surface area (Å²) < 4.78 is 5.03. The Balaban J connectivity index is 2.63. The van der Waals surface area contributed by atoms with Gasteiger partial charge in [0.25, 0.3) is 0 Å². The summed E-state index contributed by atoms with van der Waals surface area (Å²) in [5.74, 6) is 0.727. The summed E-state index contributed by atoms with van der Waals surface area (Å²) in [6.07, 6.45) is 1.75. The molecule has 0 aliphatic carbocycles. The third-order valence-electron chi connectivity index (χ3n) is 2.60. The molecular weight excluding hydrogens is 218 g/mol. The highest BCUT2D eigenvalue weighted by Gasteiger charge is 2.29. The molecule has 0 bridgehead atoms. The molecular formula is C12H21N3O2. The summed E-state index contributed by atoms with van der Waals surface area (Å²) >= 11 is 0. The molecule has 0 spiro atoms. The summed E-state index contributed by atoms with van der Waals surface area (Å²) in [6.45, 7) is 7.93. The minimum Gasteiger partial charge on any atom is -0.384 e. The van der Waals surface area contributed by atoms with Crippen LogP contribution in [0, 0.1) is 12.3 Å². The molecule has 1 rings (SSSR count). The van der Waals surface area contributed by atoms with Crippen LogP contribution in [0.5, 0.6) is 0 Å². The number of hydrogen-bond acceptors (Lipinski definition) is 3. The Hall–Kier alpha value is -1.36. The van der Waals surface area contributed by atoms with E-state index in [9.17, 15) is 4.79 Å². The number of hydrogen-bond donors (Lipinski definition) is 2. The van der Waals surface area contributed by atoms with Crippen LogP contribution in [0.2, 0.25) is 0 Å². The Bertz CT molecular complexity index is 385. The number of amides is 1. The molecule has 1 amide bonds. The van der Waals surface area contributed by atoms with E-state index in [1.807, 2.05) is 27.7 Å². The zero-order chi connectivity index (χ0) is 13.1. The van der Waals surface area contributed by atoms with Gasteiger partial charge in [-0.1, -0.05) is 0 Å². The van der Waals surface area contributed by atoms with Gasteiger partial charge >= 0.3 is 0 Å². The van der Waals surface area contributed by atoms with Gasteiger partial charge in [-0.25, -0.2) is 4.98 Å². The van der Waals surface area contributed by atoms with Gasteiger partial charge in [-0.2, -0.15) is 0 Å². The molecule has 0 aliphatic heterocycles. The lowest BCUT2D eigenvalue weighted by Crippen LogP contribution is -2.41. The number of carbonyl (C=O) groups is 1. The Morgan fingerprint density at radius 3 is 2.76 bits per heavy atom. The van der Waals surface area contributed by atoms with Crippen LogP contribution in [0.25, 0.3) is 0 Å². The molecule has 1 heterocycles. The van der Waals surface area contributed by atoms with Gasteiger partial charge in [0.05, 0.1) is 18.1 Å². The largest absolute Gasteiger partial charge is 0.384 e. The van der Waals surface area contributed by atoms with Crippen LogP contribution in [-0.2, 0) is 9.53 Å². The van der Waals surface area contributed by atoms with E-state index in [4.69, 9.17) is 4.74 Å². The van der Waals surface area contributed by atoms with Crippen LogP contribution in [0.1, 0.15) is 38.3 Å². The fourth-order valence-corrected chi connectivity index (χ4v) is 1.54. The highest BCUT2D eigenvalue weighted by atomic mass is 16.5. The van der Waals surface area contributed by atoms with Crippen molar-refractivity contribution >= 4 is 5.91 Å². The highest BCUT2D eigenvalue weighted by molar-refractivity contribution is 5.82. The molecule has 2 N–H and O–H groups in total. The van der Waals surface area contributed by atoms with Crippen molar-refractivity contribution in [2.24, 2.45) is 5.41 Å². The molecule has 0 aromatic carbocycles. The van der Waals surface area contributed by atoms with Crippen molar-refractivity contribution < 1.29 is 9.53 Å². The Kier molecular flexibility index (Phi) is 4.28. The van der Waals surface area contributed by atoms with Crippen LogP contribution in [0.4, 0.5) is 0 Å². The number of imidazole rings is 1. The van der Waals surface area contributed by atoms with Gasteiger partial charge in [0, 0.05) is 19.0 Å². The van der Waals surface area contributed by atoms with Crippen LogP contribution >= 0.6 is 0 Å². The lowest BCUT2D eigenvalue weighted by atomic mass is 9.93. The third-order valence-corrected chi connectivity index (χ3v) is 2.60. The molecule has 1 aromatic rings. The molecule has 0 saturated carbocycles. The normalized spacial score (nSPS) is 13.5. The molecule has 0 radical (unpaired) electrons. The van der Waals surface area contributed by atoms with E-state index < -0.39 is 5.41 Å². The zero-order valence-corrected chi connectivity index (χ0v) is 11.1. The molecule has 0 saturated heterocycles. The average molecular weight is 239 g/mol. The number of H-pyrrole nitrogens is 1. The molecule has 0 unspecified atom stereocenters. The number of aryl methyl sites for hydroxylation is 1. The van der Waals surface area contributed by atoms with Gasteiger partial charge in [-0.05, 0) is 27.7 Å². The number of aromatic nitrogens is 2. The van der Waals surface area contributed by atoms with Gasteiger partial charge in [0.1, 0.15) is 5.82 Å². The summed E-state index contributed by atoms with van der Waals surface area (Å²) in [5.41, 5.74) is 0.447. The number of ether oxygens (including phenoxy) is 1. The lowest BCUT2D eigenvalue weighted by Gasteiger charge is -2.24. The minimum absolute atomic E-state index is 0.0408. The predicted octanol–water partition coefficient (Wildman–Crippen LogP) is 1.57. The van der Waals surface area contributed by atoms with Crippen LogP contribution < -0.4 is 5.32 Å². The minimum atomic E-state index is -0.537. The van der Waals surface area contributed by atoms with E-state index in [2.05, 4.69) is 15.3 Å². The van der Waals surface area contributed by atoms with Gasteiger partial charge in [-0.3, -0.25) is 4.79 Å². The molecule has 1 atom stereocenters. The maximum absolute atomic E-state index is 12.0. The number of carbonyl (C=O) groups excluding carboxylic acids is 1. The molecule has 1 aromatic heterocycles. The molecule has 17 heavy (non-hydrogen) atoms. The molecule has 0 aliphatic rings. The molecule has 5 heteroatoms. The van der Waals surface area contributed by atoms with Crippen LogP contribution in [0.15, 0.2) is 6.20 Å². The van der Waals surface area contributed by atoms with Crippen molar-refractivity contribution in [2.75, 3.05) is 13.7 Å². The second-order valence-corrected chi connectivity index (χ2v) is 4.96. The first-order valence-electron chi connectivity index (χ1n) is 5.68. The highest BCUT2D eigenvalue weighted by Crippen LogP contribution is 2.17. The second-order valence-electron chi connectivity index (χ2n) is 4.96.